The molecule has 0 bridgehead atoms. The maximum atomic E-state index is 13.0. The summed E-state index contributed by atoms with van der Waals surface area (Å²) in [4.78, 5) is 38.0. The van der Waals surface area contributed by atoms with Crippen LogP contribution in [0.1, 0.15) is 48.0 Å². The average molecular weight is 396 g/mol. The molecule has 150 valence electrons. The number of hydrogen-bond donors (Lipinski definition) is 1. The van der Waals surface area contributed by atoms with E-state index in [0.717, 1.165) is 18.7 Å². The number of ketones is 2. The summed E-state index contributed by atoms with van der Waals surface area (Å²) < 4.78 is 10.4. The molecule has 29 heavy (non-hydrogen) atoms. The van der Waals surface area contributed by atoms with E-state index in [-0.39, 0.29) is 40.3 Å². The summed E-state index contributed by atoms with van der Waals surface area (Å²) in [6.45, 7) is 3.12. The normalized spacial score (nSPS) is 12.9. The molecule has 0 radical (unpaired) electrons. The van der Waals surface area contributed by atoms with E-state index in [9.17, 15) is 19.6 Å². The van der Waals surface area contributed by atoms with Gasteiger partial charge in [-0.1, -0.05) is 12.1 Å². The fourth-order valence-electron chi connectivity index (χ4n) is 3.33. The van der Waals surface area contributed by atoms with Crippen molar-refractivity contribution in [1.29, 1.82) is 0 Å². The second-order valence-corrected chi connectivity index (χ2v) is 6.54. The molecule has 1 heterocycles. The van der Waals surface area contributed by atoms with E-state index in [1.54, 1.807) is 19.2 Å². The number of allylic oxidation sites excluding steroid dienone is 2. The Morgan fingerprint density at radius 1 is 1.14 bits per heavy atom. The minimum atomic E-state index is -0.842. The summed E-state index contributed by atoms with van der Waals surface area (Å²) in [6.07, 6.45) is 1.14. The van der Waals surface area contributed by atoms with Gasteiger partial charge in [-0.05, 0) is 17.7 Å². The van der Waals surface area contributed by atoms with E-state index >= 15 is 0 Å². The number of rotatable bonds is 5. The van der Waals surface area contributed by atoms with Gasteiger partial charge in [0.2, 0.25) is 17.2 Å². The molecule has 0 atom stereocenters. The molecule has 0 saturated carbocycles. The second-order valence-electron chi connectivity index (χ2n) is 6.54. The SMILES string of the molecule is COC(=O)c1c2c(c(C)[n+]([O-])c1C)C(=O)C(NCc1cccc(OC)c1)=CC2=O. The fourth-order valence-corrected chi connectivity index (χ4v) is 3.33. The van der Waals surface area contributed by atoms with Crippen LogP contribution in [0.5, 0.6) is 5.75 Å². The highest BCUT2D eigenvalue weighted by Crippen LogP contribution is 2.27. The van der Waals surface area contributed by atoms with Gasteiger partial charge < -0.3 is 20.0 Å². The summed E-state index contributed by atoms with van der Waals surface area (Å²) in [5.41, 5.74) is 0.568. The molecule has 1 aromatic heterocycles. The Balaban J connectivity index is 2.01. The predicted octanol–water partition coefficient (Wildman–Crippen LogP) is 1.78. The number of carbonyl (C=O) groups excluding carboxylic acids is 3. The minimum Gasteiger partial charge on any atom is -0.618 e. The van der Waals surface area contributed by atoms with E-state index in [1.165, 1.54) is 13.8 Å². The van der Waals surface area contributed by atoms with Crippen molar-refractivity contribution in [3.63, 3.8) is 0 Å². The Hall–Kier alpha value is -3.68. The van der Waals surface area contributed by atoms with Crippen LogP contribution in [-0.4, -0.2) is 31.8 Å². The van der Waals surface area contributed by atoms with Crippen molar-refractivity contribution in [3.8, 4) is 5.75 Å². The van der Waals surface area contributed by atoms with Crippen LogP contribution in [0.25, 0.3) is 0 Å². The minimum absolute atomic E-state index is 0.00967. The van der Waals surface area contributed by atoms with E-state index in [2.05, 4.69) is 5.32 Å². The standard InChI is InChI=1S/C21H20N2O6/c1-11-17-19(18(21(26)29-4)12(2)23(11)27)16(24)9-15(20(17)25)22-10-13-6-5-7-14(8-13)28-3/h5-9,22H,10H2,1-4H3. The number of carbonyl (C=O) groups is 3. The zero-order valence-corrected chi connectivity index (χ0v) is 16.5. The number of nitrogens with zero attached hydrogens (tertiary/aromatic N) is 1. The largest absolute Gasteiger partial charge is 0.618 e. The molecular formula is C21H20N2O6. The van der Waals surface area contributed by atoms with Crippen LogP contribution in [0.15, 0.2) is 36.0 Å². The highest BCUT2D eigenvalue weighted by Gasteiger charge is 2.38. The lowest BCUT2D eigenvalue weighted by molar-refractivity contribution is -0.619. The zero-order chi connectivity index (χ0) is 21.3. The van der Waals surface area contributed by atoms with E-state index < -0.39 is 17.5 Å². The van der Waals surface area contributed by atoms with Gasteiger partial charge >= 0.3 is 5.97 Å². The highest BCUT2D eigenvalue weighted by atomic mass is 16.5. The van der Waals surface area contributed by atoms with Crippen LogP contribution in [0.4, 0.5) is 0 Å². The van der Waals surface area contributed by atoms with Crippen LogP contribution in [0, 0.1) is 19.1 Å². The number of methoxy groups -OCH3 is 2. The van der Waals surface area contributed by atoms with Gasteiger partial charge in [0.1, 0.15) is 16.9 Å². The Morgan fingerprint density at radius 2 is 1.86 bits per heavy atom. The number of ether oxygens (including phenoxy) is 2. The van der Waals surface area contributed by atoms with Crippen LogP contribution >= 0.6 is 0 Å². The number of fused-ring (bicyclic) bond motifs is 1. The first-order valence-corrected chi connectivity index (χ1v) is 8.82. The molecule has 8 nitrogen and oxygen atoms in total. The third kappa shape index (κ3) is 3.44. The van der Waals surface area contributed by atoms with Gasteiger partial charge in [0.15, 0.2) is 5.78 Å². The lowest BCUT2D eigenvalue weighted by Gasteiger charge is -2.21. The number of pyridine rings is 1. The van der Waals surface area contributed by atoms with Crippen LogP contribution in [-0.2, 0) is 11.3 Å². The number of nitrogens with one attached hydrogen (secondary N) is 1. The van der Waals surface area contributed by atoms with Crippen molar-refractivity contribution < 1.29 is 28.6 Å². The van der Waals surface area contributed by atoms with Gasteiger partial charge in [0, 0.05) is 26.5 Å². The van der Waals surface area contributed by atoms with Gasteiger partial charge in [0.05, 0.1) is 25.5 Å². The summed E-state index contributed by atoms with van der Waals surface area (Å²) in [5, 5.41) is 15.4. The van der Waals surface area contributed by atoms with Crippen molar-refractivity contribution in [3.05, 3.63) is 74.9 Å². The number of Topliss-reactive ketones (excluding diaryl/α,β-unsaturated/α-hetero) is 1. The summed E-state index contributed by atoms with van der Waals surface area (Å²) in [6, 6.07) is 7.24. The fraction of sp³-hybridized carbons (Fsp3) is 0.238. The Morgan fingerprint density at radius 3 is 2.52 bits per heavy atom. The van der Waals surface area contributed by atoms with Gasteiger partial charge in [-0.3, -0.25) is 9.59 Å². The van der Waals surface area contributed by atoms with Crippen molar-refractivity contribution in [1.82, 2.24) is 5.32 Å². The van der Waals surface area contributed by atoms with Crippen LogP contribution in [0.3, 0.4) is 0 Å². The quantitative estimate of drug-likeness (QED) is 0.466. The lowest BCUT2D eigenvalue weighted by Crippen LogP contribution is -2.42. The average Bonchev–Trinajstić information content (AvgIpc) is 2.73. The molecule has 0 amide bonds. The van der Waals surface area contributed by atoms with Crippen LogP contribution < -0.4 is 14.8 Å². The van der Waals surface area contributed by atoms with E-state index in [0.29, 0.717) is 10.5 Å². The van der Waals surface area contributed by atoms with Gasteiger partial charge in [-0.15, -0.1) is 0 Å². The van der Waals surface area contributed by atoms with Crippen molar-refractivity contribution >= 4 is 17.5 Å². The first-order valence-electron chi connectivity index (χ1n) is 8.82. The second kappa shape index (κ2) is 7.75. The molecule has 8 heteroatoms. The first-order chi connectivity index (χ1) is 13.8. The van der Waals surface area contributed by atoms with E-state index in [1.807, 2.05) is 12.1 Å². The maximum Gasteiger partial charge on any atom is 0.345 e. The van der Waals surface area contributed by atoms with E-state index in [4.69, 9.17) is 9.47 Å². The Kier molecular flexibility index (Phi) is 5.36. The molecule has 1 aliphatic rings. The molecule has 1 aliphatic carbocycles. The summed E-state index contributed by atoms with van der Waals surface area (Å²) in [7, 11) is 2.70. The molecule has 3 rings (SSSR count). The third-order valence-corrected chi connectivity index (χ3v) is 4.83. The summed E-state index contributed by atoms with van der Waals surface area (Å²) >= 11 is 0. The van der Waals surface area contributed by atoms with Gasteiger partial charge in [0.25, 0.3) is 0 Å². The smallest absolute Gasteiger partial charge is 0.345 e. The topological polar surface area (TPSA) is 109 Å². The molecular weight excluding hydrogens is 376 g/mol. The first kappa shape index (κ1) is 20.1. The van der Waals surface area contributed by atoms with Crippen LogP contribution in [0.2, 0.25) is 0 Å². The van der Waals surface area contributed by atoms with Crippen molar-refractivity contribution in [2.24, 2.45) is 0 Å². The van der Waals surface area contributed by atoms with Gasteiger partial charge in [-0.2, -0.15) is 4.73 Å². The Labute approximate surface area is 167 Å². The molecule has 0 spiro atoms. The predicted molar refractivity (Wildman–Crippen MR) is 103 cm³/mol. The highest BCUT2D eigenvalue weighted by molar-refractivity contribution is 6.27. The molecule has 2 aromatic rings. The Bertz CT molecular complexity index is 1070. The lowest BCUT2D eigenvalue weighted by atomic mass is 9.87. The molecule has 0 saturated heterocycles. The number of benzene rings is 1. The molecule has 0 aliphatic heterocycles. The van der Waals surface area contributed by atoms with Crippen molar-refractivity contribution in [2.75, 3.05) is 14.2 Å². The number of hydrogen-bond acceptors (Lipinski definition) is 7. The third-order valence-electron chi connectivity index (χ3n) is 4.83. The summed E-state index contributed by atoms with van der Waals surface area (Å²) in [5.74, 6) is -1.25. The maximum absolute atomic E-state index is 13.0. The molecule has 0 unspecified atom stereocenters. The van der Waals surface area contributed by atoms with Gasteiger partial charge in [-0.25, -0.2) is 4.79 Å². The monoisotopic (exact) mass is 396 g/mol. The zero-order valence-electron chi connectivity index (χ0n) is 16.5. The molecule has 1 aromatic carbocycles. The molecule has 1 N–H and O–H groups in total. The number of aromatic nitrogens is 1. The number of esters is 1. The molecule has 0 fully saturated rings. The van der Waals surface area contributed by atoms with Crippen molar-refractivity contribution in [2.45, 2.75) is 20.4 Å².